The molecule has 2 atom stereocenters. The van der Waals surface area contributed by atoms with Gasteiger partial charge in [0.2, 0.25) is 0 Å². The Kier molecular flexibility index (Phi) is 5.28. The van der Waals surface area contributed by atoms with Gasteiger partial charge in [-0.15, -0.1) is 11.6 Å². The number of hydrogen-bond donors (Lipinski definition) is 2. The molecular formula is C11H11Cl2F3O2. The van der Waals surface area contributed by atoms with Gasteiger partial charge >= 0.3 is 6.18 Å². The van der Waals surface area contributed by atoms with Crippen molar-refractivity contribution in [1.29, 1.82) is 0 Å². The zero-order valence-corrected chi connectivity index (χ0v) is 10.6. The van der Waals surface area contributed by atoms with E-state index in [2.05, 4.69) is 0 Å². The van der Waals surface area contributed by atoms with E-state index in [0.717, 1.165) is 12.1 Å². The summed E-state index contributed by atoms with van der Waals surface area (Å²) in [6, 6.07) is 2.57. The lowest BCUT2D eigenvalue weighted by atomic mass is 10.0. The van der Waals surface area contributed by atoms with Gasteiger partial charge in [-0.1, -0.05) is 17.7 Å². The van der Waals surface area contributed by atoms with Crippen LogP contribution in [0.15, 0.2) is 18.2 Å². The lowest BCUT2D eigenvalue weighted by Crippen LogP contribution is -2.19. The van der Waals surface area contributed by atoms with Crippen LogP contribution in [-0.2, 0) is 6.18 Å². The predicted octanol–water partition coefficient (Wildman–Crippen LogP) is 3.38. The van der Waals surface area contributed by atoms with Gasteiger partial charge in [0, 0.05) is 16.5 Å². The van der Waals surface area contributed by atoms with Crippen LogP contribution in [0.1, 0.15) is 23.7 Å². The third-order valence-electron chi connectivity index (χ3n) is 2.42. The van der Waals surface area contributed by atoms with Crippen molar-refractivity contribution in [2.45, 2.75) is 24.8 Å². The Labute approximate surface area is 112 Å². The quantitative estimate of drug-likeness (QED) is 0.837. The first kappa shape index (κ1) is 15.6. The Hall–Kier alpha value is -0.490. The van der Waals surface area contributed by atoms with Crippen LogP contribution in [0.5, 0.6) is 0 Å². The Bertz CT molecular complexity index is 410. The maximum atomic E-state index is 12.4. The highest BCUT2D eigenvalue weighted by Crippen LogP contribution is 2.34. The van der Waals surface area contributed by atoms with Crippen molar-refractivity contribution in [1.82, 2.24) is 0 Å². The molecule has 2 N–H and O–H groups in total. The van der Waals surface area contributed by atoms with E-state index in [1.54, 1.807) is 0 Å². The Morgan fingerprint density at radius 3 is 2.28 bits per heavy atom. The van der Waals surface area contributed by atoms with E-state index in [1.807, 2.05) is 0 Å². The molecule has 0 aliphatic carbocycles. The molecule has 0 saturated heterocycles. The number of halogens is 5. The van der Waals surface area contributed by atoms with Gasteiger partial charge in [-0.05, 0) is 18.6 Å². The van der Waals surface area contributed by atoms with Gasteiger partial charge in [-0.25, -0.2) is 0 Å². The molecular weight excluding hydrogens is 292 g/mol. The average molecular weight is 303 g/mol. The molecule has 0 heterocycles. The molecule has 0 aromatic heterocycles. The first-order valence-corrected chi connectivity index (χ1v) is 5.97. The van der Waals surface area contributed by atoms with Crippen LogP contribution in [0.4, 0.5) is 13.2 Å². The Morgan fingerprint density at radius 1 is 1.22 bits per heavy atom. The van der Waals surface area contributed by atoms with Gasteiger partial charge in [-0.3, -0.25) is 0 Å². The summed E-state index contributed by atoms with van der Waals surface area (Å²) in [5.41, 5.74) is -0.863. The monoisotopic (exact) mass is 302 g/mol. The Morgan fingerprint density at radius 2 is 1.83 bits per heavy atom. The van der Waals surface area contributed by atoms with E-state index in [9.17, 15) is 23.4 Å². The number of aliphatic hydroxyl groups is 2. The first-order valence-electron chi connectivity index (χ1n) is 5.06. The smallest absolute Gasteiger partial charge is 0.390 e. The highest BCUT2D eigenvalue weighted by atomic mass is 35.5. The summed E-state index contributed by atoms with van der Waals surface area (Å²) in [6.07, 6.45) is -6.92. The summed E-state index contributed by atoms with van der Waals surface area (Å²) < 4.78 is 37.2. The first-order chi connectivity index (χ1) is 8.27. The van der Waals surface area contributed by atoms with Gasteiger partial charge in [0.15, 0.2) is 0 Å². The normalized spacial score (nSPS) is 15.5. The van der Waals surface area contributed by atoms with Crippen molar-refractivity contribution < 1.29 is 23.4 Å². The minimum Gasteiger partial charge on any atom is -0.390 e. The van der Waals surface area contributed by atoms with Gasteiger partial charge in [0.05, 0.1) is 11.7 Å². The second-order valence-electron chi connectivity index (χ2n) is 3.72. The molecule has 0 aliphatic heterocycles. The van der Waals surface area contributed by atoms with Crippen LogP contribution in [0.2, 0.25) is 5.02 Å². The molecule has 0 saturated carbocycles. The molecule has 7 heteroatoms. The topological polar surface area (TPSA) is 40.5 Å². The van der Waals surface area contributed by atoms with E-state index < -0.39 is 23.9 Å². The summed E-state index contributed by atoms with van der Waals surface area (Å²) in [6.45, 7) is 0. The van der Waals surface area contributed by atoms with Crippen molar-refractivity contribution in [2.24, 2.45) is 0 Å². The summed E-state index contributed by atoms with van der Waals surface area (Å²) in [7, 11) is 0. The highest BCUT2D eigenvalue weighted by Gasteiger charge is 2.31. The van der Waals surface area contributed by atoms with Gasteiger partial charge in [0.1, 0.15) is 6.10 Å². The van der Waals surface area contributed by atoms with Crippen LogP contribution in [-0.4, -0.2) is 22.2 Å². The summed E-state index contributed by atoms with van der Waals surface area (Å²) in [5, 5.41) is 19.0. The zero-order valence-electron chi connectivity index (χ0n) is 9.09. The van der Waals surface area contributed by atoms with E-state index in [-0.39, 0.29) is 22.9 Å². The number of rotatable bonds is 4. The second kappa shape index (κ2) is 6.10. The fraction of sp³-hybridized carbons (Fsp3) is 0.455. The van der Waals surface area contributed by atoms with E-state index >= 15 is 0 Å². The Balaban J connectivity index is 2.99. The molecule has 0 amide bonds. The second-order valence-corrected chi connectivity index (χ2v) is 4.51. The summed E-state index contributed by atoms with van der Waals surface area (Å²) in [5.74, 6) is 0.122. The van der Waals surface area contributed by atoms with E-state index in [4.69, 9.17) is 23.2 Å². The molecule has 0 spiro atoms. The van der Waals surface area contributed by atoms with Crippen LogP contribution < -0.4 is 0 Å². The van der Waals surface area contributed by atoms with Crippen LogP contribution in [0.25, 0.3) is 0 Å². The zero-order chi connectivity index (χ0) is 13.9. The molecule has 1 rings (SSSR count). The lowest BCUT2D eigenvalue weighted by Gasteiger charge is -2.19. The highest BCUT2D eigenvalue weighted by molar-refractivity contribution is 6.31. The summed E-state index contributed by atoms with van der Waals surface area (Å²) >= 11 is 11.1. The molecule has 0 aliphatic rings. The molecule has 2 nitrogen and oxygen atoms in total. The van der Waals surface area contributed by atoms with E-state index in [1.165, 1.54) is 0 Å². The largest absolute Gasteiger partial charge is 0.416 e. The minimum atomic E-state index is -4.50. The number of alkyl halides is 4. The number of hydrogen-bond acceptors (Lipinski definition) is 2. The maximum Gasteiger partial charge on any atom is 0.416 e. The van der Waals surface area contributed by atoms with Crippen molar-refractivity contribution >= 4 is 23.2 Å². The minimum absolute atomic E-state index is 0.0438. The van der Waals surface area contributed by atoms with Crippen molar-refractivity contribution in [3.05, 3.63) is 34.3 Å². The van der Waals surface area contributed by atoms with Crippen LogP contribution in [0, 0.1) is 0 Å². The van der Waals surface area contributed by atoms with Crippen molar-refractivity contribution in [2.75, 3.05) is 5.88 Å². The summed E-state index contributed by atoms with van der Waals surface area (Å²) in [4.78, 5) is 0. The molecule has 102 valence electrons. The van der Waals surface area contributed by atoms with Crippen LogP contribution in [0.3, 0.4) is 0 Å². The lowest BCUT2D eigenvalue weighted by molar-refractivity contribution is -0.137. The van der Waals surface area contributed by atoms with Crippen molar-refractivity contribution in [3.63, 3.8) is 0 Å². The van der Waals surface area contributed by atoms with Gasteiger partial charge in [0.25, 0.3) is 0 Å². The molecule has 1 aromatic rings. The molecule has 1 aromatic carbocycles. The SMILES string of the molecule is OC(CCCl)C(O)c1ccc(C(F)(F)F)cc1Cl. The fourth-order valence-corrected chi connectivity index (χ4v) is 1.94. The number of aliphatic hydroxyl groups excluding tert-OH is 2. The van der Waals surface area contributed by atoms with Crippen LogP contribution >= 0.6 is 23.2 Å². The van der Waals surface area contributed by atoms with Crippen molar-refractivity contribution in [3.8, 4) is 0 Å². The fourth-order valence-electron chi connectivity index (χ4n) is 1.42. The third-order valence-corrected chi connectivity index (χ3v) is 2.96. The van der Waals surface area contributed by atoms with Gasteiger partial charge < -0.3 is 10.2 Å². The standard InChI is InChI=1S/C11H11Cl2F3O2/c12-4-3-9(17)10(18)7-2-1-6(5-8(7)13)11(14,15)16/h1-2,5,9-10,17-18H,3-4H2. The molecule has 0 fully saturated rings. The molecule has 2 unspecified atom stereocenters. The average Bonchev–Trinajstić information content (AvgIpc) is 2.27. The predicted molar refractivity (Wildman–Crippen MR) is 62.8 cm³/mol. The number of benzene rings is 1. The van der Waals surface area contributed by atoms with E-state index in [0.29, 0.717) is 6.07 Å². The molecule has 18 heavy (non-hydrogen) atoms. The molecule has 0 radical (unpaired) electrons. The van der Waals surface area contributed by atoms with Gasteiger partial charge in [-0.2, -0.15) is 13.2 Å². The third kappa shape index (κ3) is 3.75. The maximum absolute atomic E-state index is 12.4. The molecule has 0 bridgehead atoms.